The standard InChI is InChI=1S/C15H20ClN3O3/c16-11-1-3-12(4-2-11)19-13(20)9-18-15(21)14(17)10-5-7-22-8-6-10/h1-4,10,14H,5-9,17H2,(H,18,21)(H,19,20). The number of rotatable bonds is 5. The number of hydrogen-bond donors (Lipinski definition) is 3. The number of benzene rings is 1. The van der Waals surface area contributed by atoms with Gasteiger partial charge in [0, 0.05) is 23.9 Å². The summed E-state index contributed by atoms with van der Waals surface area (Å²) in [5.74, 6) is -0.513. The number of hydrogen-bond acceptors (Lipinski definition) is 4. The van der Waals surface area contributed by atoms with Gasteiger partial charge in [-0.15, -0.1) is 0 Å². The molecule has 0 saturated carbocycles. The van der Waals surface area contributed by atoms with Gasteiger partial charge >= 0.3 is 0 Å². The fourth-order valence-corrected chi connectivity index (χ4v) is 2.44. The fraction of sp³-hybridized carbons (Fsp3) is 0.467. The maximum absolute atomic E-state index is 12.0. The van der Waals surface area contributed by atoms with Gasteiger partial charge in [0.1, 0.15) is 0 Å². The Morgan fingerprint density at radius 2 is 1.91 bits per heavy atom. The lowest BCUT2D eigenvalue weighted by atomic mass is 9.92. The van der Waals surface area contributed by atoms with Gasteiger partial charge < -0.3 is 21.1 Å². The van der Waals surface area contributed by atoms with Crippen molar-refractivity contribution in [3.8, 4) is 0 Å². The number of amides is 2. The summed E-state index contributed by atoms with van der Waals surface area (Å²) in [6, 6.07) is 6.13. The van der Waals surface area contributed by atoms with Crippen molar-refractivity contribution in [2.24, 2.45) is 11.7 Å². The fourth-order valence-electron chi connectivity index (χ4n) is 2.31. The Morgan fingerprint density at radius 3 is 2.55 bits per heavy atom. The Bertz CT molecular complexity index is 515. The van der Waals surface area contributed by atoms with E-state index in [1.54, 1.807) is 24.3 Å². The lowest BCUT2D eigenvalue weighted by molar-refractivity contribution is -0.126. The van der Waals surface area contributed by atoms with E-state index in [1.807, 2.05) is 0 Å². The van der Waals surface area contributed by atoms with Crippen molar-refractivity contribution in [1.82, 2.24) is 5.32 Å². The molecule has 7 heteroatoms. The average molecular weight is 326 g/mol. The van der Waals surface area contributed by atoms with E-state index in [2.05, 4.69) is 10.6 Å². The molecule has 0 radical (unpaired) electrons. The van der Waals surface area contributed by atoms with E-state index in [9.17, 15) is 9.59 Å². The van der Waals surface area contributed by atoms with Crippen LogP contribution in [0.4, 0.5) is 5.69 Å². The van der Waals surface area contributed by atoms with Crippen LogP contribution < -0.4 is 16.4 Å². The third-order valence-corrected chi connectivity index (χ3v) is 3.88. The van der Waals surface area contributed by atoms with Crippen molar-refractivity contribution in [3.05, 3.63) is 29.3 Å². The number of ether oxygens (including phenoxy) is 1. The summed E-state index contributed by atoms with van der Waals surface area (Å²) in [5, 5.41) is 5.83. The Hall–Kier alpha value is -1.63. The van der Waals surface area contributed by atoms with Gasteiger partial charge in [-0.25, -0.2) is 0 Å². The summed E-state index contributed by atoms with van der Waals surface area (Å²) in [6.07, 6.45) is 1.54. The molecule has 1 unspecified atom stereocenters. The van der Waals surface area contributed by atoms with E-state index < -0.39 is 6.04 Å². The van der Waals surface area contributed by atoms with Gasteiger partial charge in [-0.2, -0.15) is 0 Å². The van der Waals surface area contributed by atoms with Crippen LogP contribution in [0.3, 0.4) is 0 Å². The Kier molecular flexibility index (Phi) is 6.18. The van der Waals surface area contributed by atoms with E-state index in [1.165, 1.54) is 0 Å². The van der Waals surface area contributed by atoms with Gasteiger partial charge in [0.15, 0.2) is 0 Å². The number of halogens is 1. The third kappa shape index (κ3) is 4.98. The van der Waals surface area contributed by atoms with Crippen LogP contribution in [-0.2, 0) is 14.3 Å². The van der Waals surface area contributed by atoms with Gasteiger partial charge in [-0.3, -0.25) is 9.59 Å². The molecule has 1 aliphatic rings. The summed E-state index contributed by atoms with van der Waals surface area (Å²) in [6.45, 7) is 1.14. The van der Waals surface area contributed by atoms with E-state index in [0.717, 1.165) is 12.8 Å². The molecule has 1 heterocycles. The van der Waals surface area contributed by atoms with E-state index in [-0.39, 0.29) is 24.3 Å². The molecule has 22 heavy (non-hydrogen) atoms. The third-order valence-electron chi connectivity index (χ3n) is 3.63. The van der Waals surface area contributed by atoms with Crippen LogP contribution in [0.15, 0.2) is 24.3 Å². The number of carbonyl (C=O) groups is 2. The van der Waals surface area contributed by atoms with E-state index >= 15 is 0 Å². The molecule has 0 spiro atoms. The van der Waals surface area contributed by atoms with Crippen LogP contribution >= 0.6 is 11.6 Å². The molecule has 4 N–H and O–H groups in total. The second-order valence-electron chi connectivity index (χ2n) is 5.25. The summed E-state index contributed by atoms with van der Waals surface area (Å²) in [5.41, 5.74) is 6.56. The maximum atomic E-state index is 12.0. The highest BCUT2D eigenvalue weighted by molar-refractivity contribution is 6.30. The largest absolute Gasteiger partial charge is 0.381 e. The van der Waals surface area contributed by atoms with Gasteiger partial charge in [-0.05, 0) is 43.0 Å². The first kappa shape index (κ1) is 16.7. The molecular weight excluding hydrogens is 306 g/mol. The summed E-state index contributed by atoms with van der Waals surface area (Å²) in [4.78, 5) is 23.8. The molecule has 2 rings (SSSR count). The zero-order chi connectivity index (χ0) is 15.9. The minimum Gasteiger partial charge on any atom is -0.381 e. The Balaban J connectivity index is 1.75. The first-order valence-corrected chi connectivity index (χ1v) is 7.60. The molecule has 0 aliphatic carbocycles. The van der Waals surface area contributed by atoms with Crippen LogP contribution in [0.5, 0.6) is 0 Å². The molecule has 6 nitrogen and oxygen atoms in total. The first-order chi connectivity index (χ1) is 10.6. The summed E-state index contributed by atoms with van der Waals surface area (Å²) >= 11 is 5.77. The monoisotopic (exact) mass is 325 g/mol. The average Bonchev–Trinajstić information content (AvgIpc) is 2.55. The normalized spacial score (nSPS) is 16.8. The molecule has 1 saturated heterocycles. The lowest BCUT2D eigenvalue weighted by Gasteiger charge is -2.26. The number of anilines is 1. The van der Waals surface area contributed by atoms with Crippen LogP contribution in [0.25, 0.3) is 0 Å². The van der Waals surface area contributed by atoms with Gasteiger partial charge in [0.2, 0.25) is 11.8 Å². The van der Waals surface area contributed by atoms with Crippen molar-refractivity contribution in [3.63, 3.8) is 0 Å². The van der Waals surface area contributed by atoms with Gasteiger partial charge in [0.05, 0.1) is 12.6 Å². The molecule has 1 aromatic rings. The molecule has 1 aliphatic heterocycles. The number of nitrogens with one attached hydrogen (secondary N) is 2. The molecule has 0 aromatic heterocycles. The molecular formula is C15H20ClN3O3. The zero-order valence-corrected chi connectivity index (χ0v) is 12.9. The maximum Gasteiger partial charge on any atom is 0.243 e. The number of carbonyl (C=O) groups excluding carboxylic acids is 2. The second kappa shape index (κ2) is 8.12. The van der Waals surface area contributed by atoms with E-state index in [0.29, 0.717) is 23.9 Å². The summed E-state index contributed by atoms with van der Waals surface area (Å²) in [7, 11) is 0. The Morgan fingerprint density at radius 1 is 1.27 bits per heavy atom. The first-order valence-electron chi connectivity index (χ1n) is 7.22. The SMILES string of the molecule is NC(C(=O)NCC(=O)Nc1ccc(Cl)cc1)C1CCOCC1. The van der Waals surface area contributed by atoms with Crippen molar-refractivity contribution >= 4 is 29.1 Å². The van der Waals surface area contributed by atoms with Crippen molar-refractivity contribution in [2.45, 2.75) is 18.9 Å². The number of nitrogens with two attached hydrogens (primary N) is 1. The van der Waals surface area contributed by atoms with Gasteiger partial charge in [-0.1, -0.05) is 11.6 Å². The highest BCUT2D eigenvalue weighted by Crippen LogP contribution is 2.17. The minimum atomic E-state index is -0.604. The molecule has 1 fully saturated rings. The molecule has 120 valence electrons. The highest BCUT2D eigenvalue weighted by atomic mass is 35.5. The second-order valence-corrected chi connectivity index (χ2v) is 5.68. The molecule has 1 aromatic carbocycles. The van der Waals surface area contributed by atoms with Crippen LogP contribution in [-0.4, -0.2) is 37.6 Å². The smallest absolute Gasteiger partial charge is 0.243 e. The zero-order valence-electron chi connectivity index (χ0n) is 12.2. The van der Waals surface area contributed by atoms with Crippen LogP contribution in [0.1, 0.15) is 12.8 Å². The summed E-state index contributed by atoms with van der Waals surface area (Å²) < 4.78 is 5.24. The predicted molar refractivity (Wildman–Crippen MR) is 84.6 cm³/mol. The van der Waals surface area contributed by atoms with Crippen molar-refractivity contribution in [1.29, 1.82) is 0 Å². The quantitative estimate of drug-likeness (QED) is 0.757. The van der Waals surface area contributed by atoms with E-state index in [4.69, 9.17) is 22.1 Å². The van der Waals surface area contributed by atoms with Crippen molar-refractivity contribution < 1.29 is 14.3 Å². The highest BCUT2D eigenvalue weighted by Gasteiger charge is 2.26. The molecule has 2 amide bonds. The minimum absolute atomic E-state index is 0.105. The van der Waals surface area contributed by atoms with Crippen molar-refractivity contribution in [2.75, 3.05) is 25.1 Å². The molecule has 1 atom stereocenters. The van der Waals surface area contributed by atoms with Gasteiger partial charge in [0.25, 0.3) is 0 Å². The molecule has 0 bridgehead atoms. The predicted octanol–water partition coefficient (Wildman–Crippen LogP) is 1.15. The van der Waals surface area contributed by atoms with Crippen LogP contribution in [0, 0.1) is 5.92 Å². The Labute approximate surface area is 134 Å². The topological polar surface area (TPSA) is 93.5 Å². The van der Waals surface area contributed by atoms with Crippen LogP contribution in [0.2, 0.25) is 5.02 Å². The lowest BCUT2D eigenvalue weighted by Crippen LogP contribution is -2.48.